The Bertz CT molecular complexity index is 658. The van der Waals surface area contributed by atoms with Crippen LogP contribution in [0, 0.1) is 6.92 Å². The van der Waals surface area contributed by atoms with Gasteiger partial charge in [-0.2, -0.15) is 4.98 Å². The standard InChI is InChI=1S/C10H16N3O8P/c1-4-2-13(10(11)12-8(4)16)9-6(15)7(5(3-14)20-9)21-22(17,18)19/h2,5-7,9,14-15H,3H2,1H3,(H2,11,12,16)(H2,17,18,19)/t5-,6-,7-,9-/m1/s1. The second-order valence-electron chi connectivity index (χ2n) is 4.79. The lowest BCUT2D eigenvalue weighted by atomic mass is 10.1. The van der Waals surface area contributed by atoms with Gasteiger partial charge in [-0.15, -0.1) is 0 Å². The molecule has 2 rings (SSSR count). The fourth-order valence-electron chi connectivity index (χ4n) is 2.17. The van der Waals surface area contributed by atoms with Gasteiger partial charge >= 0.3 is 7.82 Å². The zero-order valence-electron chi connectivity index (χ0n) is 11.4. The third-order valence-corrected chi connectivity index (χ3v) is 3.69. The molecule has 124 valence electrons. The summed E-state index contributed by atoms with van der Waals surface area (Å²) in [5, 5.41) is 19.4. The van der Waals surface area contributed by atoms with Gasteiger partial charge in [0.2, 0.25) is 5.95 Å². The molecule has 1 aromatic rings. The number of hydrogen-bond donors (Lipinski definition) is 5. The molecule has 1 aliphatic heterocycles. The second kappa shape index (κ2) is 6.05. The average molecular weight is 337 g/mol. The van der Waals surface area contributed by atoms with Crippen LogP contribution in [0.3, 0.4) is 0 Å². The minimum Gasteiger partial charge on any atom is -0.394 e. The molecule has 0 aromatic carbocycles. The molecule has 11 nitrogen and oxygen atoms in total. The number of nitrogen functional groups attached to an aromatic ring is 1. The van der Waals surface area contributed by atoms with Crippen LogP contribution in [0.15, 0.2) is 11.0 Å². The third-order valence-electron chi connectivity index (χ3n) is 3.17. The zero-order valence-corrected chi connectivity index (χ0v) is 12.3. The molecule has 1 aromatic heterocycles. The van der Waals surface area contributed by atoms with Crippen LogP contribution in [0.2, 0.25) is 0 Å². The van der Waals surface area contributed by atoms with E-state index in [2.05, 4.69) is 9.51 Å². The lowest BCUT2D eigenvalue weighted by Crippen LogP contribution is -2.35. The maximum absolute atomic E-state index is 11.4. The van der Waals surface area contributed by atoms with Crippen molar-refractivity contribution in [3.63, 3.8) is 0 Å². The van der Waals surface area contributed by atoms with E-state index in [9.17, 15) is 19.6 Å². The first-order chi connectivity index (χ1) is 10.1. The molecular weight excluding hydrogens is 321 g/mol. The van der Waals surface area contributed by atoms with Crippen LogP contribution in [0.4, 0.5) is 5.95 Å². The Kier molecular flexibility index (Phi) is 4.68. The summed E-state index contributed by atoms with van der Waals surface area (Å²) in [6, 6.07) is 0. The van der Waals surface area contributed by atoms with E-state index in [1.165, 1.54) is 13.1 Å². The number of phosphoric acid groups is 1. The lowest BCUT2D eigenvalue weighted by Gasteiger charge is -2.21. The Balaban J connectivity index is 2.36. The molecule has 12 heteroatoms. The smallest absolute Gasteiger partial charge is 0.394 e. The van der Waals surface area contributed by atoms with E-state index in [0.717, 1.165) is 4.57 Å². The van der Waals surface area contributed by atoms with Crippen LogP contribution >= 0.6 is 7.82 Å². The van der Waals surface area contributed by atoms with Gasteiger partial charge in [0.05, 0.1) is 6.61 Å². The number of aliphatic hydroxyl groups is 2. The summed E-state index contributed by atoms with van der Waals surface area (Å²) in [5.74, 6) is -0.256. The van der Waals surface area contributed by atoms with Gasteiger partial charge in [0.25, 0.3) is 5.56 Å². The van der Waals surface area contributed by atoms with Crippen molar-refractivity contribution < 1.29 is 33.8 Å². The van der Waals surface area contributed by atoms with Crippen molar-refractivity contribution in [1.29, 1.82) is 0 Å². The summed E-state index contributed by atoms with van der Waals surface area (Å²) in [6.07, 6.45) is -4.15. The third kappa shape index (κ3) is 3.36. The zero-order chi connectivity index (χ0) is 16.7. The molecule has 0 amide bonds. The van der Waals surface area contributed by atoms with Gasteiger partial charge < -0.3 is 30.5 Å². The summed E-state index contributed by atoms with van der Waals surface area (Å²) in [6.45, 7) is 0.824. The molecule has 0 saturated carbocycles. The molecule has 0 bridgehead atoms. The van der Waals surface area contributed by atoms with Gasteiger partial charge in [-0.3, -0.25) is 13.9 Å². The van der Waals surface area contributed by atoms with Crippen LogP contribution in [0.5, 0.6) is 0 Å². The highest BCUT2D eigenvalue weighted by Gasteiger charge is 2.48. The molecule has 0 spiro atoms. The van der Waals surface area contributed by atoms with Gasteiger partial charge in [-0.05, 0) is 6.92 Å². The second-order valence-corrected chi connectivity index (χ2v) is 5.99. The van der Waals surface area contributed by atoms with Gasteiger partial charge in [0, 0.05) is 11.8 Å². The van der Waals surface area contributed by atoms with Crippen molar-refractivity contribution in [2.24, 2.45) is 0 Å². The summed E-state index contributed by atoms with van der Waals surface area (Å²) in [7, 11) is -4.91. The maximum Gasteiger partial charge on any atom is 0.470 e. The number of aliphatic hydroxyl groups excluding tert-OH is 2. The van der Waals surface area contributed by atoms with Crippen molar-refractivity contribution in [1.82, 2.24) is 9.55 Å². The number of nitrogens with two attached hydrogens (primary N) is 1. The van der Waals surface area contributed by atoms with Gasteiger partial charge in [-0.1, -0.05) is 0 Å². The summed E-state index contributed by atoms with van der Waals surface area (Å²) >= 11 is 0. The fourth-order valence-corrected chi connectivity index (χ4v) is 2.75. The van der Waals surface area contributed by atoms with Crippen LogP contribution in [0.25, 0.3) is 0 Å². The Labute approximate surface area is 124 Å². The number of ether oxygens (including phenoxy) is 1. The van der Waals surface area contributed by atoms with E-state index in [-0.39, 0.29) is 11.5 Å². The molecule has 0 unspecified atom stereocenters. The Morgan fingerprint density at radius 2 is 2.18 bits per heavy atom. The Hall–Kier alpha value is -1.33. The number of nitrogens with zero attached hydrogens (tertiary/aromatic N) is 2. The highest BCUT2D eigenvalue weighted by Crippen LogP contribution is 2.43. The normalized spacial score (nSPS) is 29.0. The van der Waals surface area contributed by atoms with E-state index < -0.39 is 44.5 Å². The molecular formula is C10H16N3O8P. The first-order valence-corrected chi connectivity index (χ1v) is 7.70. The molecule has 1 aliphatic rings. The quantitative estimate of drug-likeness (QED) is 0.381. The number of aryl methyl sites for hydroxylation is 1. The summed E-state index contributed by atoms with van der Waals surface area (Å²) < 4.78 is 21.8. The number of anilines is 1. The first-order valence-electron chi connectivity index (χ1n) is 6.17. The molecule has 22 heavy (non-hydrogen) atoms. The minimum atomic E-state index is -4.91. The van der Waals surface area contributed by atoms with Gasteiger partial charge in [0.1, 0.15) is 18.3 Å². The van der Waals surface area contributed by atoms with Crippen LogP contribution in [-0.2, 0) is 13.8 Å². The van der Waals surface area contributed by atoms with Crippen molar-refractivity contribution >= 4 is 13.8 Å². The van der Waals surface area contributed by atoms with Gasteiger partial charge in [-0.25, -0.2) is 4.57 Å². The summed E-state index contributed by atoms with van der Waals surface area (Å²) in [5.41, 5.74) is 5.27. The molecule has 0 radical (unpaired) electrons. The van der Waals surface area contributed by atoms with E-state index in [4.69, 9.17) is 20.3 Å². The van der Waals surface area contributed by atoms with Crippen molar-refractivity contribution in [3.05, 3.63) is 22.1 Å². The van der Waals surface area contributed by atoms with Crippen molar-refractivity contribution in [3.8, 4) is 0 Å². The van der Waals surface area contributed by atoms with Crippen LogP contribution in [-0.4, -0.2) is 54.5 Å². The van der Waals surface area contributed by atoms with E-state index in [1.54, 1.807) is 0 Å². The molecule has 2 heterocycles. The SMILES string of the molecule is Cc1cn([C@@H]2O[C@H](CO)[C@@H](OP(=O)(O)O)[C@H]2O)c(N)nc1=O. The molecule has 1 saturated heterocycles. The number of rotatable bonds is 4. The first kappa shape index (κ1) is 17.0. The van der Waals surface area contributed by atoms with Crippen LogP contribution < -0.4 is 11.3 Å². The number of aromatic nitrogens is 2. The summed E-state index contributed by atoms with van der Waals surface area (Å²) in [4.78, 5) is 32.6. The molecule has 0 aliphatic carbocycles. The molecule has 4 atom stereocenters. The van der Waals surface area contributed by atoms with Crippen molar-refractivity contribution in [2.75, 3.05) is 12.3 Å². The van der Waals surface area contributed by atoms with E-state index in [0.29, 0.717) is 0 Å². The largest absolute Gasteiger partial charge is 0.470 e. The average Bonchev–Trinajstić information content (AvgIpc) is 2.69. The predicted octanol–water partition coefficient (Wildman–Crippen LogP) is -2.14. The Morgan fingerprint density at radius 1 is 1.55 bits per heavy atom. The number of hydrogen-bond acceptors (Lipinski definition) is 8. The van der Waals surface area contributed by atoms with E-state index in [1.807, 2.05) is 0 Å². The maximum atomic E-state index is 11.4. The topological polar surface area (TPSA) is 177 Å². The van der Waals surface area contributed by atoms with E-state index >= 15 is 0 Å². The molecule has 6 N–H and O–H groups in total. The molecule has 1 fully saturated rings. The lowest BCUT2D eigenvalue weighted by molar-refractivity contribution is -0.0522. The van der Waals surface area contributed by atoms with Gasteiger partial charge in [0.15, 0.2) is 6.23 Å². The fraction of sp³-hybridized carbons (Fsp3) is 0.600. The Morgan fingerprint density at radius 3 is 2.73 bits per heavy atom. The number of phosphoric ester groups is 1. The van der Waals surface area contributed by atoms with Crippen LogP contribution in [0.1, 0.15) is 11.8 Å². The highest BCUT2D eigenvalue weighted by molar-refractivity contribution is 7.46. The monoisotopic (exact) mass is 337 g/mol. The highest BCUT2D eigenvalue weighted by atomic mass is 31.2. The van der Waals surface area contributed by atoms with Crippen molar-refractivity contribution in [2.45, 2.75) is 31.5 Å². The minimum absolute atomic E-state index is 0.227. The predicted molar refractivity (Wildman–Crippen MR) is 71.6 cm³/mol.